The molecule has 0 aromatic carbocycles. The van der Waals surface area contributed by atoms with Crippen LogP contribution < -0.4 is 4.74 Å². The van der Waals surface area contributed by atoms with Crippen molar-refractivity contribution in [2.45, 2.75) is 13.5 Å². The predicted molar refractivity (Wildman–Crippen MR) is 102 cm³/mol. The zero-order chi connectivity index (χ0) is 19.4. The standard InChI is InChI=1S/C19H20N2O5S/c1-4-25-19(22)16-10-15-9-13(12-26-27(3)23)7-8-21(15)18(16)14-5-6-17(24-2)20-11-14/h5-11H,4,12H2,1-3H3. The molecule has 3 rings (SSSR count). The summed E-state index contributed by atoms with van der Waals surface area (Å²) in [5.74, 6) is 0.0868. The topological polar surface area (TPSA) is 79.1 Å². The van der Waals surface area contributed by atoms with Crippen molar-refractivity contribution in [3.63, 3.8) is 0 Å². The molecule has 142 valence electrons. The van der Waals surface area contributed by atoms with Gasteiger partial charge in [0.2, 0.25) is 5.88 Å². The van der Waals surface area contributed by atoms with Gasteiger partial charge in [0.15, 0.2) is 11.1 Å². The van der Waals surface area contributed by atoms with Gasteiger partial charge in [-0.3, -0.25) is 4.18 Å². The normalized spacial score (nSPS) is 12.1. The molecule has 0 amide bonds. The van der Waals surface area contributed by atoms with Gasteiger partial charge in [-0.25, -0.2) is 14.0 Å². The summed E-state index contributed by atoms with van der Waals surface area (Å²) in [5.41, 5.74) is 3.54. The van der Waals surface area contributed by atoms with Gasteiger partial charge < -0.3 is 13.9 Å². The average molecular weight is 388 g/mol. The number of pyridine rings is 2. The Morgan fingerprint density at radius 2 is 2.07 bits per heavy atom. The van der Waals surface area contributed by atoms with Crippen molar-refractivity contribution >= 4 is 22.6 Å². The highest BCUT2D eigenvalue weighted by Crippen LogP contribution is 2.29. The van der Waals surface area contributed by atoms with E-state index in [2.05, 4.69) is 4.98 Å². The van der Waals surface area contributed by atoms with Crippen molar-refractivity contribution in [3.05, 3.63) is 53.9 Å². The molecule has 27 heavy (non-hydrogen) atoms. The third kappa shape index (κ3) is 4.17. The lowest BCUT2D eigenvalue weighted by Crippen LogP contribution is -2.05. The molecule has 7 nitrogen and oxygen atoms in total. The van der Waals surface area contributed by atoms with Crippen LogP contribution in [0.5, 0.6) is 5.88 Å². The number of carbonyl (C=O) groups is 1. The number of ether oxygens (including phenoxy) is 2. The van der Waals surface area contributed by atoms with Gasteiger partial charge in [-0.2, -0.15) is 0 Å². The summed E-state index contributed by atoms with van der Waals surface area (Å²) >= 11 is -1.34. The maximum atomic E-state index is 12.5. The van der Waals surface area contributed by atoms with Crippen LogP contribution >= 0.6 is 0 Å². The first-order valence-corrected chi connectivity index (χ1v) is 9.80. The van der Waals surface area contributed by atoms with Crippen molar-refractivity contribution in [1.82, 2.24) is 9.38 Å². The minimum Gasteiger partial charge on any atom is -0.481 e. The van der Waals surface area contributed by atoms with Crippen LogP contribution in [0.25, 0.3) is 16.8 Å². The summed E-state index contributed by atoms with van der Waals surface area (Å²) in [6.45, 7) is 2.27. The lowest BCUT2D eigenvalue weighted by molar-refractivity contribution is 0.0527. The average Bonchev–Trinajstić information content (AvgIpc) is 3.05. The number of hydrogen-bond acceptors (Lipinski definition) is 6. The number of rotatable bonds is 7. The quantitative estimate of drug-likeness (QED) is 0.579. The van der Waals surface area contributed by atoms with E-state index in [1.807, 2.05) is 28.8 Å². The lowest BCUT2D eigenvalue weighted by atomic mass is 10.1. The molecule has 0 aliphatic rings. The van der Waals surface area contributed by atoms with E-state index in [9.17, 15) is 9.00 Å². The maximum absolute atomic E-state index is 12.5. The molecule has 0 saturated carbocycles. The van der Waals surface area contributed by atoms with E-state index in [0.29, 0.717) is 17.1 Å². The van der Waals surface area contributed by atoms with Gasteiger partial charge in [0.25, 0.3) is 0 Å². The smallest absolute Gasteiger partial charge is 0.340 e. The Morgan fingerprint density at radius 3 is 2.70 bits per heavy atom. The van der Waals surface area contributed by atoms with E-state index in [0.717, 1.165) is 16.6 Å². The van der Waals surface area contributed by atoms with Gasteiger partial charge in [-0.15, -0.1) is 0 Å². The Hall–Kier alpha value is -2.71. The Balaban J connectivity index is 2.11. The second kappa shape index (κ2) is 8.32. The summed E-state index contributed by atoms with van der Waals surface area (Å²) in [6.07, 6.45) is 4.97. The third-order valence-corrected chi connectivity index (χ3v) is 4.39. The number of aromatic nitrogens is 2. The Kier molecular flexibility index (Phi) is 5.88. The van der Waals surface area contributed by atoms with Crippen LogP contribution in [-0.4, -0.2) is 39.5 Å². The first kappa shape index (κ1) is 19.1. The van der Waals surface area contributed by atoms with Gasteiger partial charge in [0, 0.05) is 35.8 Å². The van der Waals surface area contributed by atoms with E-state index in [4.69, 9.17) is 13.7 Å². The predicted octanol–water partition coefficient (Wildman–Crippen LogP) is 3.00. The number of hydrogen-bond donors (Lipinski definition) is 0. The van der Waals surface area contributed by atoms with Crippen molar-refractivity contribution in [2.75, 3.05) is 20.0 Å². The second-order valence-electron chi connectivity index (χ2n) is 5.71. The van der Waals surface area contributed by atoms with Crippen LogP contribution in [-0.2, 0) is 26.6 Å². The van der Waals surface area contributed by atoms with E-state index in [1.165, 1.54) is 6.26 Å². The molecule has 3 aromatic rings. The van der Waals surface area contributed by atoms with Crippen LogP contribution in [0.4, 0.5) is 0 Å². The summed E-state index contributed by atoms with van der Waals surface area (Å²) in [5, 5.41) is 0. The van der Waals surface area contributed by atoms with Crippen LogP contribution in [0.1, 0.15) is 22.8 Å². The van der Waals surface area contributed by atoms with Gasteiger partial charge in [0.05, 0.1) is 31.6 Å². The second-order valence-corrected chi connectivity index (χ2v) is 6.75. The zero-order valence-corrected chi connectivity index (χ0v) is 16.1. The number of nitrogens with zero attached hydrogens (tertiary/aromatic N) is 2. The van der Waals surface area contributed by atoms with E-state index < -0.39 is 17.0 Å². The molecular formula is C19H20N2O5S. The molecule has 0 spiro atoms. The molecule has 0 N–H and O–H groups in total. The number of esters is 1. The molecular weight excluding hydrogens is 368 g/mol. The minimum atomic E-state index is -1.34. The molecule has 1 atom stereocenters. The van der Waals surface area contributed by atoms with E-state index in [1.54, 1.807) is 32.4 Å². The highest BCUT2D eigenvalue weighted by Gasteiger charge is 2.20. The highest BCUT2D eigenvalue weighted by molar-refractivity contribution is 7.79. The van der Waals surface area contributed by atoms with Crippen molar-refractivity contribution in [3.8, 4) is 17.1 Å². The Morgan fingerprint density at radius 1 is 1.26 bits per heavy atom. The first-order valence-electron chi connectivity index (χ1n) is 8.31. The number of methoxy groups -OCH3 is 1. The van der Waals surface area contributed by atoms with Crippen molar-refractivity contribution < 1.29 is 22.7 Å². The van der Waals surface area contributed by atoms with Crippen LogP contribution in [0, 0.1) is 0 Å². The van der Waals surface area contributed by atoms with Crippen molar-refractivity contribution in [1.29, 1.82) is 0 Å². The van der Waals surface area contributed by atoms with Gasteiger partial charge >= 0.3 is 5.97 Å². The molecule has 0 aliphatic heterocycles. The summed E-state index contributed by atoms with van der Waals surface area (Å²) in [6, 6.07) is 9.09. The fraction of sp³-hybridized carbons (Fsp3) is 0.263. The lowest BCUT2D eigenvalue weighted by Gasteiger charge is -2.08. The van der Waals surface area contributed by atoms with Crippen LogP contribution in [0.2, 0.25) is 0 Å². The Labute approximate surface area is 159 Å². The summed E-state index contributed by atoms with van der Waals surface area (Å²) in [7, 11) is 1.55. The van der Waals surface area contributed by atoms with Gasteiger partial charge in [-0.1, -0.05) is 0 Å². The molecule has 0 bridgehead atoms. The summed E-state index contributed by atoms with van der Waals surface area (Å²) in [4.78, 5) is 16.7. The molecule has 0 aliphatic carbocycles. The largest absolute Gasteiger partial charge is 0.481 e. The first-order chi connectivity index (χ1) is 13.0. The van der Waals surface area contributed by atoms with Gasteiger partial charge in [0.1, 0.15) is 0 Å². The fourth-order valence-electron chi connectivity index (χ4n) is 2.77. The van der Waals surface area contributed by atoms with Crippen LogP contribution in [0.15, 0.2) is 42.7 Å². The molecule has 0 fully saturated rings. The van der Waals surface area contributed by atoms with Gasteiger partial charge in [-0.05, 0) is 36.8 Å². The molecule has 0 saturated heterocycles. The Bertz CT molecular complexity index is 982. The monoisotopic (exact) mass is 388 g/mol. The minimum absolute atomic E-state index is 0.221. The van der Waals surface area contributed by atoms with E-state index in [-0.39, 0.29) is 13.2 Å². The molecule has 0 radical (unpaired) electrons. The van der Waals surface area contributed by atoms with Crippen LogP contribution in [0.3, 0.4) is 0 Å². The zero-order valence-electron chi connectivity index (χ0n) is 15.3. The maximum Gasteiger partial charge on any atom is 0.340 e. The number of carbonyl (C=O) groups excluding carboxylic acids is 1. The van der Waals surface area contributed by atoms with E-state index >= 15 is 0 Å². The number of fused-ring (bicyclic) bond motifs is 1. The highest BCUT2D eigenvalue weighted by atomic mass is 32.2. The fourth-order valence-corrected chi connectivity index (χ4v) is 3.07. The molecule has 1 unspecified atom stereocenters. The molecule has 3 aromatic heterocycles. The third-order valence-electron chi connectivity index (χ3n) is 3.94. The summed E-state index contributed by atoms with van der Waals surface area (Å²) < 4.78 is 28.5. The molecule has 3 heterocycles. The van der Waals surface area contributed by atoms with Crippen molar-refractivity contribution in [2.24, 2.45) is 0 Å². The SMILES string of the molecule is CCOC(=O)c1cc2cc(COS(C)=O)ccn2c1-c1ccc(OC)nc1. The molecule has 8 heteroatoms.